The largest absolute Gasteiger partial charge is 0.357 e. The number of nitrogens with zero attached hydrogens (tertiary/aromatic N) is 2. The summed E-state index contributed by atoms with van der Waals surface area (Å²) < 4.78 is 13.6. The molecule has 2 aromatic rings. The van der Waals surface area contributed by atoms with Gasteiger partial charge in [-0.1, -0.05) is 25.1 Å². The lowest BCUT2D eigenvalue weighted by atomic mass is 10.1. The monoisotopic (exact) mass is 348 g/mol. The van der Waals surface area contributed by atoms with E-state index in [2.05, 4.69) is 27.5 Å². The molecule has 1 aromatic carbocycles. The molecule has 0 aliphatic rings. The second-order valence-electron chi connectivity index (χ2n) is 5.35. The third-order valence-electron chi connectivity index (χ3n) is 3.53. The molecular formula is C18H25FN4S. The normalized spacial score (nSPS) is 11.5. The van der Waals surface area contributed by atoms with E-state index in [1.54, 1.807) is 17.4 Å². The van der Waals surface area contributed by atoms with E-state index in [1.807, 2.05) is 25.3 Å². The minimum absolute atomic E-state index is 0.156. The Hall–Kier alpha value is -1.95. The first kappa shape index (κ1) is 18.4. The number of rotatable bonds is 8. The predicted molar refractivity (Wildman–Crippen MR) is 99.3 cm³/mol. The number of aromatic nitrogens is 1. The Morgan fingerprint density at radius 1 is 1.21 bits per heavy atom. The number of aliphatic imine (C=N–C) groups is 1. The molecule has 2 rings (SSSR count). The molecule has 1 heterocycles. The first-order chi connectivity index (χ1) is 11.7. The summed E-state index contributed by atoms with van der Waals surface area (Å²) in [6, 6.07) is 6.87. The number of nitrogens with one attached hydrogen (secondary N) is 2. The van der Waals surface area contributed by atoms with Crippen LogP contribution in [0.15, 0.2) is 35.5 Å². The number of thiazole rings is 1. The van der Waals surface area contributed by atoms with Crippen molar-refractivity contribution in [1.29, 1.82) is 0 Å². The molecule has 1 aromatic heterocycles. The van der Waals surface area contributed by atoms with E-state index in [-0.39, 0.29) is 5.82 Å². The van der Waals surface area contributed by atoms with Gasteiger partial charge >= 0.3 is 0 Å². The third kappa shape index (κ3) is 5.92. The fourth-order valence-electron chi connectivity index (χ4n) is 2.25. The highest BCUT2D eigenvalue weighted by molar-refractivity contribution is 7.11. The van der Waals surface area contributed by atoms with E-state index in [0.29, 0.717) is 19.5 Å². The van der Waals surface area contributed by atoms with Crippen molar-refractivity contribution in [3.05, 3.63) is 51.7 Å². The third-order valence-corrected chi connectivity index (χ3v) is 4.74. The summed E-state index contributed by atoms with van der Waals surface area (Å²) in [6.07, 6.45) is 4.45. The van der Waals surface area contributed by atoms with Crippen LogP contribution in [0, 0.1) is 5.82 Å². The van der Waals surface area contributed by atoms with Gasteiger partial charge in [0.25, 0.3) is 0 Å². The molecule has 6 heteroatoms. The molecule has 0 bridgehead atoms. The highest BCUT2D eigenvalue weighted by atomic mass is 32.1. The summed E-state index contributed by atoms with van der Waals surface area (Å²) >= 11 is 1.75. The maximum atomic E-state index is 13.6. The van der Waals surface area contributed by atoms with Crippen LogP contribution in [0.25, 0.3) is 0 Å². The average Bonchev–Trinajstić information content (AvgIpc) is 3.04. The Kier molecular flexibility index (Phi) is 7.68. The molecule has 0 spiro atoms. The van der Waals surface area contributed by atoms with Gasteiger partial charge in [0.1, 0.15) is 5.82 Å². The summed E-state index contributed by atoms with van der Waals surface area (Å²) in [4.78, 5) is 10.3. The van der Waals surface area contributed by atoms with Crippen LogP contribution >= 0.6 is 11.3 Å². The summed E-state index contributed by atoms with van der Waals surface area (Å²) in [5.74, 6) is 0.609. The van der Waals surface area contributed by atoms with E-state index in [9.17, 15) is 4.39 Å². The second-order valence-corrected chi connectivity index (χ2v) is 6.55. The molecule has 24 heavy (non-hydrogen) atoms. The van der Waals surface area contributed by atoms with Gasteiger partial charge < -0.3 is 10.6 Å². The van der Waals surface area contributed by atoms with Crippen LogP contribution in [0.2, 0.25) is 0 Å². The first-order valence-electron chi connectivity index (χ1n) is 8.42. The fourth-order valence-corrected chi connectivity index (χ4v) is 3.10. The number of aryl methyl sites for hydroxylation is 1. The van der Waals surface area contributed by atoms with Gasteiger partial charge in [-0.25, -0.2) is 9.37 Å². The minimum atomic E-state index is -0.156. The van der Waals surface area contributed by atoms with Crippen LogP contribution in [0.5, 0.6) is 0 Å². The van der Waals surface area contributed by atoms with Gasteiger partial charge in [0.15, 0.2) is 5.96 Å². The maximum Gasteiger partial charge on any atom is 0.191 e. The lowest BCUT2D eigenvalue weighted by molar-refractivity contribution is 0.606. The van der Waals surface area contributed by atoms with Crippen LogP contribution in [0.3, 0.4) is 0 Å². The smallest absolute Gasteiger partial charge is 0.191 e. The Bertz CT molecular complexity index is 654. The van der Waals surface area contributed by atoms with E-state index in [4.69, 9.17) is 0 Å². The maximum absolute atomic E-state index is 13.6. The Labute approximate surface area is 147 Å². The quantitative estimate of drug-likeness (QED) is 0.569. The van der Waals surface area contributed by atoms with Gasteiger partial charge in [-0.15, -0.1) is 11.3 Å². The highest BCUT2D eigenvalue weighted by Crippen LogP contribution is 2.13. The van der Waals surface area contributed by atoms with Gasteiger partial charge in [0.2, 0.25) is 0 Å². The van der Waals surface area contributed by atoms with Crippen molar-refractivity contribution in [1.82, 2.24) is 15.6 Å². The molecule has 0 aliphatic carbocycles. The summed E-state index contributed by atoms with van der Waals surface area (Å²) in [6.45, 7) is 6.29. The molecule has 0 atom stereocenters. The number of benzene rings is 1. The van der Waals surface area contributed by atoms with Gasteiger partial charge in [-0.3, -0.25) is 4.99 Å². The van der Waals surface area contributed by atoms with Crippen LogP contribution in [-0.2, 0) is 19.3 Å². The summed E-state index contributed by atoms with van der Waals surface area (Å²) in [5.41, 5.74) is 0.718. The zero-order valence-corrected chi connectivity index (χ0v) is 15.1. The standard InChI is InChI=1S/C18H25FN4S/c1-3-15-13-23-17(24-15)10-12-22-18(20-4-2)21-11-9-14-7-5-6-8-16(14)19/h5-8,13H,3-4,9-12H2,1-2H3,(H2,20,21,22). The van der Waals surface area contributed by atoms with Crippen molar-refractivity contribution in [3.63, 3.8) is 0 Å². The van der Waals surface area contributed by atoms with Crippen LogP contribution < -0.4 is 10.6 Å². The molecule has 0 amide bonds. The van der Waals surface area contributed by atoms with E-state index >= 15 is 0 Å². The highest BCUT2D eigenvalue weighted by Gasteiger charge is 2.03. The molecule has 0 unspecified atom stereocenters. The summed E-state index contributed by atoms with van der Waals surface area (Å²) in [5, 5.41) is 7.59. The average molecular weight is 348 g/mol. The minimum Gasteiger partial charge on any atom is -0.357 e. The number of guanidine groups is 1. The Morgan fingerprint density at radius 3 is 2.75 bits per heavy atom. The number of hydrogen-bond donors (Lipinski definition) is 2. The van der Waals surface area contributed by atoms with Crippen molar-refractivity contribution >= 4 is 17.3 Å². The van der Waals surface area contributed by atoms with Gasteiger partial charge in [0.05, 0.1) is 5.01 Å². The molecule has 0 saturated carbocycles. The zero-order valence-electron chi connectivity index (χ0n) is 14.3. The molecule has 4 nitrogen and oxygen atoms in total. The zero-order chi connectivity index (χ0) is 17.2. The molecule has 130 valence electrons. The van der Waals surface area contributed by atoms with Gasteiger partial charge in [-0.05, 0) is 31.4 Å². The number of halogens is 1. The lowest BCUT2D eigenvalue weighted by Gasteiger charge is -2.11. The second kappa shape index (κ2) is 10.0. The first-order valence-corrected chi connectivity index (χ1v) is 9.23. The van der Waals surface area contributed by atoms with Crippen LogP contribution in [-0.4, -0.2) is 30.6 Å². The fraction of sp³-hybridized carbons (Fsp3) is 0.444. The van der Waals surface area contributed by atoms with E-state index in [0.717, 1.165) is 35.9 Å². The van der Waals surface area contributed by atoms with E-state index in [1.165, 1.54) is 10.9 Å². The number of hydrogen-bond acceptors (Lipinski definition) is 3. The molecule has 0 saturated heterocycles. The van der Waals surface area contributed by atoms with Gasteiger partial charge in [-0.2, -0.15) is 0 Å². The van der Waals surface area contributed by atoms with Crippen molar-refractivity contribution in [2.75, 3.05) is 19.6 Å². The molecule has 2 N–H and O–H groups in total. The lowest BCUT2D eigenvalue weighted by Crippen LogP contribution is -2.38. The Balaban J connectivity index is 1.80. The topological polar surface area (TPSA) is 49.3 Å². The van der Waals surface area contributed by atoms with Crippen molar-refractivity contribution in [2.24, 2.45) is 4.99 Å². The van der Waals surface area contributed by atoms with Crippen LogP contribution in [0.4, 0.5) is 4.39 Å². The van der Waals surface area contributed by atoms with Crippen molar-refractivity contribution in [3.8, 4) is 0 Å². The predicted octanol–water partition coefficient (Wildman–Crippen LogP) is 3.18. The summed E-state index contributed by atoms with van der Waals surface area (Å²) in [7, 11) is 0. The SMILES string of the molecule is CCNC(=NCCc1ncc(CC)s1)NCCc1ccccc1F. The van der Waals surface area contributed by atoms with E-state index < -0.39 is 0 Å². The molecular weight excluding hydrogens is 323 g/mol. The molecule has 0 aliphatic heterocycles. The van der Waals surface area contributed by atoms with Gasteiger partial charge in [0, 0.05) is 37.1 Å². The van der Waals surface area contributed by atoms with Crippen molar-refractivity contribution in [2.45, 2.75) is 33.1 Å². The molecule has 0 fully saturated rings. The molecule has 0 radical (unpaired) electrons. The Morgan fingerprint density at radius 2 is 2.04 bits per heavy atom. The van der Waals surface area contributed by atoms with Crippen LogP contribution in [0.1, 0.15) is 29.3 Å². The van der Waals surface area contributed by atoms with Crippen molar-refractivity contribution < 1.29 is 4.39 Å².